The van der Waals surface area contributed by atoms with Crippen molar-refractivity contribution in [2.45, 2.75) is 6.61 Å². The maximum absolute atomic E-state index is 5.94. The van der Waals surface area contributed by atoms with Crippen LogP contribution in [0.4, 0.5) is 5.69 Å². The molecule has 25 heavy (non-hydrogen) atoms. The van der Waals surface area contributed by atoms with Crippen molar-refractivity contribution in [2.24, 2.45) is 0 Å². The molecule has 4 aromatic rings. The number of anilines is 1. The summed E-state index contributed by atoms with van der Waals surface area (Å²) >= 11 is 0. The smallest absolute Gasteiger partial charge is 0.120 e. The number of hydrogen-bond acceptors (Lipinski definition) is 2. The molecule has 2 heteroatoms. The van der Waals surface area contributed by atoms with Crippen LogP contribution in [0, 0.1) is 0 Å². The first-order valence-corrected chi connectivity index (χ1v) is 8.34. The van der Waals surface area contributed by atoms with Crippen LogP contribution in [0.25, 0.3) is 21.9 Å². The van der Waals surface area contributed by atoms with E-state index in [-0.39, 0.29) is 0 Å². The first kappa shape index (κ1) is 15.3. The molecule has 0 atom stereocenters. The van der Waals surface area contributed by atoms with Gasteiger partial charge < -0.3 is 10.5 Å². The largest absolute Gasteiger partial charge is 0.489 e. The van der Waals surface area contributed by atoms with Crippen molar-refractivity contribution in [3.63, 3.8) is 0 Å². The highest BCUT2D eigenvalue weighted by Gasteiger charge is 2.03. The molecule has 2 N–H and O–H groups in total. The monoisotopic (exact) mass is 325 g/mol. The summed E-state index contributed by atoms with van der Waals surface area (Å²) in [6, 6.07) is 30.8. The number of nitrogens with two attached hydrogens (primary N) is 1. The summed E-state index contributed by atoms with van der Waals surface area (Å²) in [7, 11) is 0. The van der Waals surface area contributed by atoms with Crippen LogP contribution in [0.1, 0.15) is 5.56 Å². The summed E-state index contributed by atoms with van der Waals surface area (Å²) in [5.41, 5.74) is 10.1. The first-order valence-electron chi connectivity index (χ1n) is 8.34. The molecule has 0 heterocycles. The Morgan fingerprint density at radius 3 is 2.28 bits per heavy atom. The van der Waals surface area contributed by atoms with Crippen LogP contribution in [0.15, 0.2) is 91.0 Å². The van der Waals surface area contributed by atoms with Gasteiger partial charge in [-0.1, -0.05) is 60.7 Å². The zero-order valence-corrected chi connectivity index (χ0v) is 13.9. The molecular formula is C23H19NO. The Labute approximate surface area is 147 Å². The maximum Gasteiger partial charge on any atom is 0.120 e. The number of benzene rings is 4. The Balaban J connectivity index is 1.59. The second kappa shape index (κ2) is 6.70. The molecule has 0 fully saturated rings. The van der Waals surface area contributed by atoms with Crippen molar-refractivity contribution in [1.82, 2.24) is 0 Å². The topological polar surface area (TPSA) is 35.2 Å². The van der Waals surface area contributed by atoms with Crippen molar-refractivity contribution in [3.05, 3.63) is 96.6 Å². The molecule has 0 aliphatic carbocycles. The molecule has 0 unspecified atom stereocenters. The fourth-order valence-electron chi connectivity index (χ4n) is 2.95. The van der Waals surface area contributed by atoms with E-state index in [9.17, 15) is 0 Å². The third kappa shape index (κ3) is 3.48. The third-order valence-corrected chi connectivity index (χ3v) is 4.28. The normalized spacial score (nSPS) is 10.7. The highest BCUT2D eigenvalue weighted by Crippen LogP contribution is 2.28. The van der Waals surface area contributed by atoms with Crippen LogP contribution in [-0.4, -0.2) is 0 Å². The van der Waals surface area contributed by atoms with Crippen LogP contribution in [0.5, 0.6) is 5.75 Å². The molecular weight excluding hydrogens is 306 g/mol. The van der Waals surface area contributed by atoms with Gasteiger partial charge in [-0.3, -0.25) is 0 Å². The molecule has 0 bridgehead atoms. The Hall–Kier alpha value is -3.26. The van der Waals surface area contributed by atoms with E-state index in [2.05, 4.69) is 48.5 Å². The van der Waals surface area contributed by atoms with E-state index in [0.717, 1.165) is 28.0 Å². The van der Waals surface area contributed by atoms with E-state index in [1.54, 1.807) is 0 Å². The lowest BCUT2D eigenvalue weighted by molar-refractivity contribution is 0.306. The van der Waals surface area contributed by atoms with Gasteiger partial charge in [0.25, 0.3) is 0 Å². The quantitative estimate of drug-likeness (QED) is 0.491. The molecule has 122 valence electrons. The van der Waals surface area contributed by atoms with Gasteiger partial charge in [-0.25, -0.2) is 0 Å². The van der Waals surface area contributed by atoms with E-state index < -0.39 is 0 Å². The lowest BCUT2D eigenvalue weighted by atomic mass is 10.0. The van der Waals surface area contributed by atoms with Gasteiger partial charge in [0.2, 0.25) is 0 Å². The van der Waals surface area contributed by atoms with Crippen molar-refractivity contribution in [3.8, 4) is 16.9 Å². The van der Waals surface area contributed by atoms with Crippen LogP contribution in [0.2, 0.25) is 0 Å². The van der Waals surface area contributed by atoms with Gasteiger partial charge in [0, 0.05) is 5.69 Å². The maximum atomic E-state index is 5.94. The number of ether oxygens (including phenoxy) is 1. The van der Waals surface area contributed by atoms with Gasteiger partial charge in [0.1, 0.15) is 12.4 Å². The standard InChI is InChI=1S/C23H19NO/c24-22-12-11-20-13-19(9-10-21(20)14-22)18-7-4-8-23(15-18)25-16-17-5-2-1-3-6-17/h1-15H,16,24H2. The van der Waals surface area contributed by atoms with Crippen LogP contribution < -0.4 is 10.5 Å². The molecule has 2 nitrogen and oxygen atoms in total. The van der Waals surface area contributed by atoms with Crippen molar-refractivity contribution >= 4 is 16.5 Å². The number of fused-ring (bicyclic) bond motifs is 1. The molecule has 4 aromatic carbocycles. The highest BCUT2D eigenvalue weighted by molar-refractivity contribution is 5.89. The number of nitrogen functional groups attached to an aromatic ring is 1. The predicted molar refractivity (Wildman–Crippen MR) is 105 cm³/mol. The van der Waals surface area contributed by atoms with Crippen LogP contribution in [0.3, 0.4) is 0 Å². The molecule has 0 spiro atoms. The van der Waals surface area contributed by atoms with E-state index in [1.165, 1.54) is 10.9 Å². The summed E-state index contributed by atoms with van der Waals surface area (Å²) in [6.07, 6.45) is 0. The lowest BCUT2D eigenvalue weighted by Crippen LogP contribution is -1.95. The summed E-state index contributed by atoms with van der Waals surface area (Å²) in [5.74, 6) is 0.874. The predicted octanol–water partition coefficient (Wildman–Crippen LogP) is 5.67. The minimum absolute atomic E-state index is 0.571. The SMILES string of the molecule is Nc1ccc2cc(-c3cccc(OCc4ccccc4)c3)ccc2c1. The molecule has 0 saturated carbocycles. The van der Waals surface area contributed by atoms with Crippen molar-refractivity contribution in [2.75, 3.05) is 5.73 Å². The summed E-state index contributed by atoms with van der Waals surface area (Å²) < 4.78 is 5.94. The summed E-state index contributed by atoms with van der Waals surface area (Å²) in [5, 5.41) is 2.34. The van der Waals surface area contributed by atoms with E-state index >= 15 is 0 Å². The Bertz CT molecular complexity index is 1010. The van der Waals surface area contributed by atoms with E-state index in [1.807, 2.05) is 42.5 Å². The first-order chi connectivity index (χ1) is 12.3. The minimum atomic E-state index is 0.571. The Morgan fingerprint density at radius 2 is 1.40 bits per heavy atom. The molecule has 0 radical (unpaired) electrons. The second-order valence-corrected chi connectivity index (χ2v) is 6.12. The molecule has 0 amide bonds. The molecule has 0 aromatic heterocycles. The van der Waals surface area contributed by atoms with Crippen LogP contribution >= 0.6 is 0 Å². The number of hydrogen-bond donors (Lipinski definition) is 1. The minimum Gasteiger partial charge on any atom is -0.489 e. The van der Waals surface area contributed by atoms with Gasteiger partial charge in [-0.15, -0.1) is 0 Å². The summed E-state index contributed by atoms with van der Waals surface area (Å²) in [4.78, 5) is 0. The highest BCUT2D eigenvalue weighted by atomic mass is 16.5. The Kier molecular flexibility index (Phi) is 4.09. The number of rotatable bonds is 4. The molecule has 0 aliphatic rings. The van der Waals surface area contributed by atoms with E-state index in [0.29, 0.717) is 6.61 Å². The molecule has 4 rings (SSSR count). The van der Waals surface area contributed by atoms with Gasteiger partial charge in [-0.2, -0.15) is 0 Å². The van der Waals surface area contributed by atoms with Crippen LogP contribution in [-0.2, 0) is 6.61 Å². The van der Waals surface area contributed by atoms with Gasteiger partial charge in [0.05, 0.1) is 0 Å². The van der Waals surface area contributed by atoms with Crippen molar-refractivity contribution in [1.29, 1.82) is 0 Å². The molecule has 0 saturated heterocycles. The molecule has 0 aliphatic heterocycles. The third-order valence-electron chi connectivity index (χ3n) is 4.28. The summed E-state index contributed by atoms with van der Waals surface area (Å²) in [6.45, 7) is 0.571. The second-order valence-electron chi connectivity index (χ2n) is 6.12. The average Bonchev–Trinajstić information content (AvgIpc) is 2.67. The van der Waals surface area contributed by atoms with Crippen molar-refractivity contribution < 1.29 is 4.74 Å². The fourth-order valence-corrected chi connectivity index (χ4v) is 2.95. The lowest BCUT2D eigenvalue weighted by Gasteiger charge is -2.09. The van der Waals surface area contributed by atoms with Gasteiger partial charge in [-0.05, 0) is 57.8 Å². The van der Waals surface area contributed by atoms with Gasteiger partial charge >= 0.3 is 0 Å². The average molecular weight is 325 g/mol. The fraction of sp³-hybridized carbons (Fsp3) is 0.0435. The zero-order chi connectivity index (χ0) is 17.1. The van der Waals surface area contributed by atoms with Gasteiger partial charge in [0.15, 0.2) is 0 Å². The Morgan fingerprint density at radius 1 is 0.640 bits per heavy atom. The zero-order valence-electron chi connectivity index (χ0n) is 13.9. The van der Waals surface area contributed by atoms with E-state index in [4.69, 9.17) is 10.5 Å².